The molecule has 1 aliphatic rings. The molecule has 0 saturated carbocycles. The topological polar surface area (TPSA) is 132 Å². The van der Waals surface area contributed by atoms with Crippen molar-refractivity contribution in [3.05, 3.63) is 53.1 Å². The summed E-state index contributed by atoms with van der Waals surface area (Å²) in [6.07, 6.45) is 0. The molecule has 2 aromatic rings. The molecular weight excluding hydrogens is 504 g/mol. The fourth-order valence-corrected chi connectivity index (χ4v) is 4.96. The third-order valence-corrected chi connectivity index (χ3v) is 7.81. The van der Waals surface area contributed by atoms with Gasteiger partial charge in [-0.1, -0.05) is 0 Å². The van der Waals surface area contributed by atoms with E-state index in [1.165, 1.54) is 71.7 Å². The van der Waals surface area contributed by atoms with Crippen LogP contribution in [0.25, 0.3) is 5.76 Å². The Morgan fingerprint density at radius 3 is 2.00 bits per heavy atom. The standard InChI is InChI=1S/C25H30N2O9S/c1-26(2)37(31,32)17-9-7-15(8-10-17)22(28)20-21(27(11-12-33-3)25(30)23(20)29)16-13-18(34-4)24(36-6)19(14-16)35-5/h7-10,13-14,21,28H,11-12H2,1-6H3/b22-20+/t21-/m0/s1. The van der Waals surface area contributed by atoms with Crippen molar-refractivity contribution in [2.75, 3.05) is 55.7 Å². The first kappa shape index (κ1) is 28.0. The Morgan fingerprint density at radius 1 is 0.973 bits per heavy atom. The lowest BCUT2D eigenvalue weighted by Crippen LogP contribution is -2.32. The first-order valence-corrected chi connectivity index (χ1v) is 12.6. The van der Waals surface area contributed by atoms with Crippen molar-refractivity contribution in [2.45, 2.75) is 10.9 Å². The monoisotopic (exact) mass is 534 g/mol. The van der Waals surface area contributed by atoms with Gasteiger partial charge in [-0.2, -0.15) is 0 Å². The molecule has 1 atom stereocenters. The van der Waals surface area contributed by atoms with Crippen molar-refractivity contribution < 1.29 is 42.1 Å². The Bertz CT molecular complexity index is 1290. The van der Waals surface area contributed by atoms with Gasteiger partial charge in [0.05, 0.1) is 44.4 Å². The molecule has 0 unspecified atom stereocenters. The zero-order valence-electron chi connectivity index (χ0n) is 21.5. The third-order valence-electron chi connectivity index (χ3n) is 5.99. The largest absolute Gasteiger partial charge is 0.507 e. The van der Waals surface area contributed by atoms with Crippen LogP contribution in [0.1, 0.15) is 17.2 Å². The molecular formula is C25H30N2O9S. The second-order valence-corrected chi connectivity index (χ2v) is 10.4. The molecule has 0 radical (unpaired) electrons. The van der Waals surface area contributed by atoms with Crippen LogP contribution >= 0.6 is 0 Å². The minimum absolute atomic E-state index is 0.00998. The summed E-state index contributed by atoms with van der Waals surface area (Å²) in [5.74, 6) is -1.24. The molecule has 0 aliphatic carbocycles. The van der Waals surface area contributed by atoms with Gasteiger partial charge in [0.1, 0.15) is 5.76 Å². The summed E-state index contributed by atoms with van der Waals surface area (Å²) >= 11 is 0. The Labute approximate surface area is 215 Å². The molecule has 12 heteroatoms. The van der Waals surface area contributed by atoms with Gasteiger partial charge in [0, 0.05) is 33.3 Å². The van der Waals surface area contributed by atoms with Gasteiger partial charge in [-0.15, -0.1) is 0 Å². The van der Waals surface area contributed by atoms with Crippen molar-refractivity contribution in [1.82, 2.24) is 9.21 Å². The molecule has 0 spiro atoms. The normalized spacial score (nSPS) is 17.4. The summed E-state index contributed by atoms with van der Waals surface area (Å²) in [6, 6.07) is 7.57. The number of hydrogen-bond acceptors (Lipinski definition) is 9. The fourth-order valence-electron chi connectivity index (χ4n) is 4.06. The maximum Gasteiger partial charge on any atom is 0.295 e. The van der Waals surface area contributed by atoms with E-state index in [4.69, 9.17) is 18.9 Å². The highest BCUT2D eigenvalue weighted by Gasteiger charge is 2.46. The predicted molar refractivity (Wildman–Crippen MR) is 134 cm³/mol. The van der Waals surface area contributed by atoms with Gasteiger partial charge in [-0.3, -0.25) is 9.59 Å². The van der Waals surface area contributed by atoms with Crippen molar-refractivity contribution in [3.8, 4) is 17.2 Å². The number of ketones is 1. The number of likely N-dealkylation sites (tertiary alicyclic amines) is 1. The van der Waals surface area contributed by atoms with Gasteiger partial charge in [-0.05, 0) is 42.0 Å². The molecule has 1 fully saturated rings. The average molecular weight is 535 g/mol. The number of methoxy groups -OCH3 is 4. The minimum Gasteiger partial charge on any atom is -0.507 e. The maximum absolute atomic E-state index is 13.2. The fraction of sp³-hybridized carbons (Fsp3) is 0.360. The smallest absolute Gasteiger partial charge is 0.295 e. The van der Waals surface area contributed by atoms with E-state index < -0.39 is 33.5 Å². The van der Waals surface area contributed by atoms with Crippen LogP contribution in [0.2, 0.25) is 0 Å². The summed E-state index contributed by atoms with van der Waals surface area (Å²) < 4.78 is 47.3. The Morgan fingerprint density at radius 2 is 1.54 bits per heavy atom. The minimum atomic E-state index is -3.70. The van der Waals surface area contributed by atoms with E-state index in [0.29, 0.717) is 22.8 Å². The van der Waals surface area contributed by atoms with Gasteiger partial charge in [0.25, 0.3) is 11.7 Å². The Balaban J connectivity index is 2.23. The number of amides is 1. The zero-order valence-corrected chi connectivity index (χ0v) is 22.3. The molecule has 0 bridgehead atoms. The third kappa shape index (κ3) is 5.13. The number of Topliss-reactive ketones (excluding diaryl/α,β-unsaturated/α-hetero) is 1. The molecule has 11 nitrogen and oxygen atoms in total. The van der Waals surface area contributed by atoms with Crippen LogP contribution in [-0.2, 0) is 24.3 Å². The number of aliphatic hydroxyl groups excluding tert-OH is 1. The quantitative estimate of drug-likeness (QED) is 0.276. The van der Waals surface area contributed by atoms with Gasteiger partial charge >= 0.3 is 0 Å². The summed E-state index contributed by atoms with van der Waals surface area (Å²) in [6.45, 7) is 0.213. The van der Waals surface area contributed by atoms with E-state index in [1.807, 2.05) is 0 Å². The first-order valence-electron chi connectivity index (χ1n) is 11.1. The van der Waals surface area contributed by atoms with Crippen molar-refractivity contribution in [1.29, 1.82) is 0 Å². The lowest BCUT2D eigenvalue weighted by molar-refractivity contribution is -0.140. The molecule has 0 aromatic heterocycles. The van der Waals surface area contributed by atoms with Crippen LogP contribution < -0.4 is 14.2 Å². The summed E-state index contributed by atoms with van der Waals surface area (Å²) in [5, 5.41) is 11.2. The van der Waals surface area contributed by atoms with Crippen LogP contribution in [0.15, 0.2) is 46.9 Å². The molecule has 200 valence electrons. The molecule has 37 heavy (non-hydrogen) atoms. The summed E-state index contributed by atoms with van der Waals surface area (Å²) in [5.41, 5.74) is 0.427. The van der Waals surface area contributed by atoms with Gasteiger partial charge in [-0.25, -0.2) is 12.7 Å². The van der Waals surface area contributed by atoms with E-state index in [9.17, 15) is 23.1 Å². The molecule has 1 saturated heterocycles. The van der Waals surface area contributed by atoms with E-state index >= 15 is 0 Å². The highest BCUT2D eigenvalue weighted by Crippen LogP contribution is 2.45. The number of carbonyl (C=O) groups is 2. The number of benzene rings is 2. The number of ether oxygens (including phenoxy) is 4. The maximum atomic E-state index is 13.2. The number of rotatable bonds is 10. The molecule has 1 aliphatic heterocycles. The Kier molecular flexibility index (Phi) is 8.46. The average Bonchev–Trinajstić information content (AvgIpc) is 3.15. The summed E-state index contributed by atoms with van der Waals surface area (Å²) in [7, 11) is 4.90. The van der Waals surface area contributed by atoms with Crippen LogP contribution in [0, 0.1) is 0 Å². The predicted octanol–water partition coefficient (Wildman–Crippen LogP) is 2.03. The van der Waals surface area contributed by atoms with Crippen LogP contribution in [-0.4, -0.2) is 90.1 Å². The highest BCUT2D eigenvalue weighted by molar-refractivity contribution is 7.89. The van der Waals surface area contributed by atoms with Crippen LogP contribution in [0.5, 0.6) is 17.2 Å². The lowest BCUT2D eigenvalue weighted by Gasteiger charge is -2.26. The molecule has 1 heterocycles. The van der Waals surface area contributed by atoms with Crippen molar-refractivity contribution >= 4 is 27.5 Å². The van der Waals surface area contributed by atoms with Gasteiger partial charge in [0.2, 0.25) is 15.8 Å². The summed E-state index contributed by atoms with van der Waals surface area (Å²) in [4.78, 5) is 27.5. The van der Waals surface area contributed by atoms with Crippen LogP contribution in [0.3, 0.4) is 0 Å². The highest BCUT2D eigenvalue weighted by atomic mass is 32.2. The van der Waals surface area contributed by atoms with Gasteiger partial charge in [0.15, 0.2) is 11.5 Å². The number of aliphatic hydroxyl groups is 1. The van der Waals surface area contributed by atoms with Gasteiger partial charge < -0.3 is 29.0 Å². The van der Waals surface area contributed by atoms with Crippen molar-refractivity contribution in [2.24, 2.45) is 0 Å². The number of sulfonamides is 1. The first-order chi connectivity index (χ1) is 17.5. The molecule has 1 amide bonds. The molecule has 2 aromatic carbocycles. The zero-order chi connectivity index (χ0) is 27.5. The second kappa shape index (κ2) is 11.2. The number of hydrogen-bond donors (Lipinski definition) is 1. The van der Waals surface area contributed by atoms with E-state index in [1.54, 1.807) is 12.1 Å². The Hall–Kier alpha value is -3.61. The number of carbonyl (C=O) groups excluding carboxylic acids is 2. The van der Waals surface area contributed by atoms with Crippen molar-refractivity contribution in [3.63, 3.8) is 0 Å². The lowest BCUT2D eigenvalue weighted by atomic mass is 9.94. The molecule has 1 N–H and O–H groups in total. The van der Waals surface area contributed by atoms with E-state index in [-0.39, 0.29) is 29.2 Å². The molecule has 3 rings (SSSR count). The SMILES string of the molecule is COCCN1C(=O)C(=O)/C(=C(/O)c2ccc(S(=O)(=O)N(C)C)cc2)[C@@H]1c1cc(OC)c(OC)c(OC)c1. The second-order valence-electron chi connectivity index (χ2n) is 8.26. The van der Waals surface area contributed by atoms with Crippen LogP contribution in [0.4, 0.5) is 0 Å². The number of nitrogens with zero attached hydrogens (tertiary/aromatic N) is 2. The van der Waals surface area contributed by atoms with E-state index in [0.717, 1.165) is 4.31 Å². The van der Waals surface area contributed by atoms with E-state index in [2.05, 4.69) is 0 Å².